The van der Waals surface area contributed by atoms with Crippen molar-refractivity contribution in [1.29, 1.82) is 0 Å². The molecule has 0 rings (SSSR count). The second-order valence-corrected chi connectivity index (χ2v) is 7.18. The Morgan fingerprint density at radius 2 is 1.31 bits per heavy atom. The minimum Gasteiger partial charge on any atom is -0.480 e. The van der Waals surface area contributed by atoms with Crippen LogP contribution in [0.4, 0.5) is 0 Å². The highest BCUT2D eigenvalue weighted by Gasteiger charge is 2.31. The van der Waals surface area contributed by atoms with Crippen LogP contribution < -0.4 is 21.7 Å². The molecule has 26 heavy (non-hydrogen) atoms. The van der Waals surface area contributed by atoms with Crippen molar-refractivity contribution in [3.8, 4) is 0 Å². The molecule has 0 radical (unpaired) electrons. The zero-order valence-corrected chi connectivity index (χ0v) is 16.7. The summed E-state index contributed by atoms with van der Waals surface area (Å²) in [5.41, 5.74) is 5.53. The van der Waals surface area contributed by atoms with Crippen LogP contribution in [0.1, 0.15) is 34.6 Å². The first-order valence-electron chi connectivity index (χ1n) is 8.42. The van der Waals surface area contributed by atoms with E-state index in [0.717, 1.165) is 0 Å². The van der Waals surface area contributed by atoms with E-state index < -0.39 is 47.9 Å². The molecule has 6 N–H and O–H groups in total. The average Bonchev–Trinajstić information content (AvgIpc) is 2.54. The summed E-state index contributed by atoms with van der Waals surface area (Å²) in [5.74, 6) is -3.33. The van der Waals surface area contributed by atoms with E-state index in [4.69, 9.17) is 5.73 Å². The molecule has 3 amide bonds. The highest BCUT2D eigenvalue weighted by atomic mass is 32.1. The van der Waals surface area contributed by atoms with E-state index in [1.165, 1.54) is 6.92 Å². The molecule has 0 saturated heterocycles. The third kappa shape index (κ3) is 7.61. The van der Waals surface area contributed by atoms with Crippen LogP contribution in [0.15, 0.2) is 0 Å². The Balaban J connectivity index is 5.00. The van der Waals surface area contributed by atoms with E-state index in [0.29, 0.717) is 0 Å². The van der Waals surface area contributed by atoms with Crippen molar-refractivity contribution in [2.75, 3.05) is 5.75 Å². The summed E-state index contributed by atoms with van der Waals surface area (Å²) in [6, 6.07) is -3.77. The van der Waals surface area contributed by atoms with Gasteiger partial charge in [0.2, 0.25) is 17.7 Å². The van der Waals surface area contributed by atoms with Crippen molar-refractivity contribution in [1.82, 2.24) is 16.0 Å². The Bertz CT molecular complexity index is 527. The van der Waals surface area contributed by atoms with Crippen LogP contribution in [0.2, 0.25) is 0 Å². The van der Waals surface area contributed by atoms with Crippen LogP contribution in [0.5, 0.6) is 0 Å². The molecule has 0 fully saturated rings. The summed E-state index contributed by atoms with van der Waals surface area (Å²) >= 11 is 3.92. The first-order valence-corrected chi connectivity index (χ1v) is 9.05. The van der Waals surface area contributed by atoms with Gasteiger partial charge in [0.15, 0.2) is 0 Å². The molecule has 4 unspecified atom stereocenters. The van der Waals surface area contributed by atoms with E-state index in [1.54, 1.807) is 27.7 Å². The summed E-state index contributed by atoms with van der Waals surface area (Å²) in [6.45, 7) is 8.24. The van der Waals surface area contributed by atoms with Crippen molar-refractivity contribution in [2.24, 2.45) is 17.6 Å². The topological polar surface area (TPSA) is 151 Å². The van der Waals surface area contributed by atoms with E-state index in [-0.39, 0.29) is 17.6 Å². The van der Waals surface area contributed by atoms with Crippen molar-refractivity contribution in [2.45, 2.75) is 58.8 Å². The van der Waals surface area contributed by atoms with Gasteiger partial charge in [-0.2, -0.15) is 12.6 Å². The average molecular weight is 391 g/mol. The maximum atomic E-state index is 12.4. The van der Waals surface area contributed by atoms with Crippen LogP contribution >= 0.6 is 12.6 Å². The van der Waals surface area contributed by atoms with Gasteiger partial charge in [0.25, 0.3) is 0 Å². The van der Waals surface area contributed by atoms with Gasteiger partial charge in [-0.25, -0.2) is 4.79 Å². The van der Waals surface area contributed by atoms with Crippen LogP contribution in [0, 0.1) is 11.8 Å². The van der Waals surface area contributed by atoms with Gasteiger partial charge >= 0.3 is 5.97 Å². The molecule has 0 aromatic carbocycles. The number of amides is 3. The molecule has 4 atom stereocenters. The number of rotatable bonds is 10. The number of hydrogen-bond donors (Lipinski definition) is 6. The van der Waals surface area contributed by atoms with Gasteiger partial charge in [0.05, 0.1) is 6.04 Å². The predicted octanol–water partition coefficient (Wildman–Crippen LogP) is -0.886. The largest absolute Gasteiger partial charge is 0.480 e. The number of carbonyl (C=O) groups excluding carboxylic acids is 3. The third-order valence-electron chi connectivity index (χ3n) is 3.76. The van der Waals surface area contributed by atoms with Crippen LogP contribution in [0.25, 0.3) is 0 Å². The highest BCUT2D eigenvalue weighted by molar-refractivity contribution is 7.80. The maximum Gasteiger partial charge on any atom is 0.326 e. The van der Waals surface area contributed by atoms with Crippen molar-refractivity contribution in [3.05, 3.63) is 0 Å². The SMILES string of the molecule is CC(NC(=O)C(N)CS)C(=O)NC(C(=O)NC(C(=O)O)C(C)C)C(C)C. The Labute approximate surface area is 159 Å². The minimum absolute atomic E-state index is 0.128. The zero-order chi connectivity index (χ0) is 20.6. The number of carboxylic acids is 1. The summed E-state index contributed by atoms with van der Waals surface area (Å²) in [4.78, 5) is 47.7. The normalized spacial score (nSPS) is 15.7. The van der Waals surface area contributed by atoms with Gasteiger partial charge in [-0.3, -0.25) is 14.4 Å². The first-order chi connectivity index (χ1) is 11.9. The van der Waals surface area contributed by atoms with Crippen molar-refractivity contribution >= 4 is 36.3 Å². The van der Waals surface area contributed by atoms with E-state index in [2.05, 4.69) is 28.6 Å². The molecule has 0 spiro atoms. The Morgan fingerprint density at radius 3 is 1.69 bits per heavy atom. The summed E-state index contributed by atoms with van der Waals surface area (Å²) in [7, 11) is 0. The fraction of sp³-hybridized carbons (Fsp3) is 0.750. The molecular weight excluding hydrogens is 360 g/mol. The summed E-state index contributed by atoms with van der Waals surface area (Å²) in [6.07, 6.45) is 0. The monoisotopic (exact) mass is 390 g/mol. The zero-order valence-electron chi connectivity index (χ0n) is 15.8. The molecule has 0 aromatic rings. The van der Waals surface area contributed by atoms with Crippen LogP contribution in [0.3, 0.4) is 0 Å². The third-order valence-corrected chi connectivity index (χ3v) is 4.16. The number of hydrogen-bond acceptors (Lipinski definition) is 6. The fourth-order valence-electron chi connectivity index (χ4n) is 2.04. The molecule has 150 valence electrons. The second-order valence-electron chi connectivity index (χ2n) is 6.82. The second kappa shape index (κ2) is 11.0. The number of carbonyl (C=O) groups is 4. The number of nitrogens with one attached hydrogen (secondary N) is 3. The van der Waals surface area contributed by atoms with Crippen LogP contribution in [-0.4, -0.2) is 58.7 Å². The minimum atomic E-state index is -1.15. The molecule has 0 aliphatic rings. The smallest absolute Gasteiger partial charge is 0.326 e. The number of thiol groups is 1. The lowest BCUT2D eigenvalue weighted by molar-refractivity contribution is -0.143. The maximum absolute atomic E-state index is 12.4. The summed E-state index contributed by atoms with van der Waals surface area (Å²) in [5, 5.41) is 16.6. The molecule has 0 aromatic heterocycles. The Kier molecular flexibility index (Phi) is 10.3. The highest BCUT2D eigenvalue weighted by Crippen LogP contribution is 2.07. The first kappa shape index (κ1) is 24.2. The van der Waals surface area contributed by atoms with E-state index >= 15 is 0 Å². The van der Waals surface area contributed by atoms with Gasteiger partial charge in [0.1, 0.15) is 18.1 Å². The molecule has 0 heterocycles. The van der Waals surface area contributed by atoms with Gasteiger partial charge in [-0.15, -0.1) is 0 Å². The molecule has 9 nitrogen and oxygen atoms in total. The predicted molar refractivity (Wildman–Crippen MR) is 101 cm³/mol. The van der Waals surface area contributed by atoms with E-state index in [9.17, 15) is 24.3 Å². The number of aliphatic carboxylic acids is 1. The molecule has 0 saturated carbocycles. The lowest BCUT2D eigenvalue weighted by Crippen LogP contribution is -2.58. The van der Waals surface area contributed by atoms with E-state index in [1.807, 2.05) is 0 Å². The number of carboxylic acid groups (broad SMARTS) is 1. The van der Waals surface area contributed by atoms with Crippen LogP contribution in [-0.2, 0) is 19.2 Å². The molecule has 10 heteroatoms. The van der Waals surface area contributed by atoms with Gasteiger partial charge in [-0.05, 0) is 18.8 Å². The molecule has 0 bridgehead atoms. The van der Waals surface area contributed by atoms with Crippen molar-refractivity contribution in [3.63, 3.8) is 0 Å². The standard InChI is InChI=1S/C16H30N4O5S/c1-7(2)11(15(23)20-12(8(3)4)16(24)25)19-13(21)9(5)18-14(22)10(17)6-26/h7-12,26H,6,17H2,1-5H3,(H,18,22)(H,19,21)(H,20,23)(H,24,25). The lowest BCUT2D eigenvalue weighted by atomic mass is 10.00. The lowest BCUT2D eigenvalue weighted by Gasteiger charge is -2.26. The quantitative estimate of drug-likeness (QED) is 0.266. The Morgan fingerprint density at radius 1 is 0.846 bits per heavy atom. The molecule has 0 aliphatic carbocycles. The molecular formula is C16H30N4O5S. The van der Waals surface area contributed by atoms with Gasteiger partial charge in [-0.1, -0.05) is 27.7 Å². The summed E-state index contributed by atoms with van der Waals surface area (Å²) < 4.78 is 0. The van der Waals surface area contributed by atoms with Gasteiger partial charge < -0.3 is 26.8 Å². The van der Waals surface area contributed by atoms with Gasteiger partial charge in [0, 0.05) is 5.75 Å². The van der Waals surface area contributed by atoms with Crippen molar-refractivity contribution < 1.29 is 24.3 Å². The number of nitrogens with two attached hydrogens (primary N) is 1. The molecule has 0 aliphatic heterocycles. The Hall–Kier alpha value is -1.81. The fourth-order valence-corrected chi connectivity index (χ4v) is 2.20.